The number of carboxylic acids is 1. The largest absolute Gasteiger partial charge is 0.481 e. The highest BCUT2D eigenvalue weighted by molar-refractivity contribution is 5.68. The summed E-state index contributed by atoms with van der Waals surface area (Å²) in [5, 5.41) is 20.4. The number of hydrogen-bond donors (Lipinski definition) is 2. The third kappa shape index (κ3) is 5.88. The molecule has 0 amide bonds. The van der Waals surface area contributed by atoms with E-state index in [1.165, 1.54) is 22.9 Å². The third-order valence-corrected chi connectivity index (χ3v) is 4.12. The Balaban J connectivity index is 1.86. The molecule has 4 nitrogen and oxygen atoms in total. The number of carbonyl (C=O) groups is 1. The zero-order valence-corrected chi connectivity index (χ0v) is 13.6. The van der Waals surface area contributed by atoms with Crippen LogP contribution < -0.4 is 0 Å². The zero-order valence-electron chi connectivity index (χ0n) is 13.6. The molecule has 2 N–H and O–H groups in total. The summed E-state index contributed by atoms with van der Waals surface area (Å²) in [4.78, 5) is 10.9. The number of oxime groups is 1. The Hall–Kier alpha value is -2.62. The molecule has 2 aromatic rings. The van der Waals surface area contributed by atoms with E-state index in [0.717, 1.165) is 19.3 Å². The number of aliphatic carboxylic acids is 1. The van der Waals surface area contributed by atoms with E-state index in [1.54, 1.807) is 0 Å². The SMILES string of the molecule is O=C(O)CC(CC=NO)CCCc1ccc(-c2ccccc2)cc1. The minimum Gasteiger partial charge on any atom is -0.481 e. The average Bonchev–Trinajstić information content (AvgIpc) is 2.60. The normalized spacial score (nSPS) is 12.3. The van der Waals surface area contributed by atoms with Crippen LogP contribution >= 0.6 is 0 Å². The fourth-order valence-corrected chi connectivity index (χ4v) is 2.84. The van der Waals surface area contributed by atoms with E-state index in [4.69, 9.17) is 10.3 Å². The summed E-state index contributed by atoms with van der Waals surface area (Å²) < 4.78 is 0. The Morgan fingerprint density at radius 2 is 1.71 bits per heavy atom. The lowest BCUT2D eigenvalue weighted by Crippen LogP contribution is -2.09. The van der Waals surface area contributed by atoms with Crippen LogP contribution in [0.3, 0.4) is 0 Å². The van der Waals surface area contributed by atoms with Crippen LogP contribution in [-0.4, -0.2) is 22.5 Å². The van der Waals surface area contributed by atoms with Crippen molar-refractivity contribution in [1.82, 2.24) is 0 Å². The van der Waals surface area contributed by atoms with Gasteiger partial charge in [0, 0.05) is 12.6 Å². The van der Waals surface area contributed by atoms with Crippen molar-refractivity contribution in [2.75, 3.05) is 0 Å². The molecule has 2 rings (SSSR count). The van der Waals surface area contributed by atoms with Crippen LogP contribution in [0.15, 0.2) is 59.8 Å². The summed E-state index contributed by atoms with van der Waals surface area (Å²) in [6.45, 7) is 0. The van der Waals surface area contributed by atoms with Gasteiger partial charge < -0.3 is 10.3 Å². The van der Waals surface area contributed by atoms with Crippen LogP contribution in [-0.2, 0) is 11.2 Å². The summed E-state index contributed by atoms with van der Waals surface area (Å²) in [5.41, 5.74) is 3.65. The van der Waals surface area contributed by atoms with Gasteiger partial charge in [-0.3, -0.25) is 4.79 Å². The van der Waals surface area contributed by atoms with Crippen LogP contribution in [0.2, 0.25) is 0 Å². The number of hydrogen-bond acceptors (Lipinski definition) is 3. The second-order valence-electron chi connectivity index (χ2n) is 5.95. The first-order valence-electron chi connectivity index (χ1n) is 8.21. The monoisotopic (exact) mass is 325 g/mol. The van der Waals surface area contributed by atoms with Gasteiger partial charge in [-0.25, -0.2) is 0 Å². The fraction of sp³-hybridized carbons (Fsp3) is 0.300. The van der Waals surface area contributed by atoms with Gasteiger partial charge in [0.15, 0.2) is 0 Å². The Kier molecular flexibility index (Phi) is 7.02. The van der Waals surface area contributed by atoms with Crippen molar-refractivity contribution in [3.05, 3.63) is 60.2 Å². The summed E-state index contributed by atoms with van der Waals surface area (Å²) in [6, 6.07) is 18.8. The van der Waals surface area contributed by atoms with Gasteiger partial charge in [-0.15, -0.1) is 5.16 Å². The summed E-state index contributed by atoms with van der Waals surface area (Å²) in [5.74, 6) is -0.791. The van der Waals surface area contributed by atoms with Gasteiger partial charge in [-0.1, -0.05) is 54.6 Å². The first-order valence-corrected chi connectivity index (χ1v) is 8.21. The molecule has 1 atom stereocenters. The molecule has 4 heteroatoms. The Morgan fingerprint density at radius 1 is 1.04 bits per heavy atom. The van der Waals surface area contributed by atoms with Crippen molar-refractivity contribution in [3.63, 3.8) is 0 Å². The molecule has 0 aromatic heterocycles. The molecule has 0 aliphatic rings. The van der Waals surface area contributed by atoms with E-state index in [2.05, 4.69) is 41.6 Å². The van der Waals surface area contributed by atoms with Crippen LogP contribution in [0.5, 0.6) is 0 Å². The number of rotatable bonds is 9. The van der Waals surface area contributed by atoms with Crippen LogP contribution in [0.4, 0.5) is 0 Å². The Labute approximate surface area is 142 Å². The van der Waals surface area contributed by atoms with E-state index >= 15 is 0 Å². The Bertz CT molecular complexity index is 650. The fourth-order valence-electron chi connectivity index (χ4n) is 2.84. The van der Waals surface area contributed by atoms with Crippen molar-refractivity contribution in [2.45, 2.75) is 32.1 Å². The third-order valence-electron chi connectivity index (χ3n) is 4.12. The van der Waals surface area contributed by atoms with Crippen molar-refractivity contribution in [1.29, 1.82) is 0 Å². The molecular formula is C20H23NO3. The number of nitrogens with zero attached hydrogens (tertiary/aromatic N) is 1. The smallest absolute Gasteiger partial charge is 0.303 e. The van der Waals surface area contributed by atoms with Gasteiger partial charge in [-0.05, 0) is 48.3 Å². The summed E-state index contributed by atoms with van der Waals surface area (Å²) in [6.07, 6.45) is 4.62. The second-order valence-corrected chi connectivity index (χ2v) is 5.95. The minimum atomic E-state index is -0.807. The molecule has 0 saturated carbocycles. The molecule has 0 saturated heterocycles. The average molecular weight is 325 g/mol. The van der Waals surface area contributed by atoms with Gasteiger partial charge in [0.2, 0.25) is 0 Å². The minimum absolute atomic E-state index is 0.0157. The van der Waals surface area contributed by atoms with Gasteiger partial charge >= 0.3 is 5.97 Å². The topological polar surface area (TPSA) is 69.9 Å². The lowest BCUT2D eigenvalue weighted by atomic mass is 9.94. The molecule has 0 aliphatic heterocycles. The van der Waals surface area contributed by atoms with Gasteiger partial charge in [0.05, 0.1) is 0 Å². The maximum absolute atomic E-state index is 10.9. The molecule has 2 aromatic carbocycles. The van der Waals surface area contributed by atoms with Gasteiger partial charge in [0.1, 0.15) is 0 Å². The predicted octanol–water partition coefficient (Wildman–Crippen LogP) is 4.62. The first kappa shape index (κ1) is 17.7. The molecule has 126 valence electrons. The van der Waals surface area contributed by atoms with Crippen molar-refractivity contribution >= 4 is 12.2 Å². The molecule has 0 heterocycles. The highest BCUT2D eigenvalue weighted by Gasteiger charge is 2.12. The highest BCUT2D eigenvalue weighted by atomic mass is 16.4. The van der Waals surface area contributed by atoms with Crippen molar-refractivity contribution < 1.29 is 15.1 Å². The van der Waals surface area contributed by atoms with Gasteiger partial charge in [-0.2, -0.15) is 0 Å². The molecule has 0 aliphatic carbocycles. The van der Waals surface area contributed by atoms with E-state index < -0.39 is 5.97 Å². The zero-order chi connectivity index (χ0) is 17.2. The summed E-state index contributed by atoms with van der Waals surface area (Å²) in [7, 11) is 0. The van der Waals surface area contributed by atoms with E-state index in [9.17, 15) is 4.79 Å². The second kappa shape index (κ2) is 9.50. The number of carboxylic acid groups (broad SMARTS) is 1. The molecule has 0 bridgehead atoms. The molecule has 1 unspecified atom stereocenters. The maximum Gasteiger partial charge on any atom is 0.303 e. The van der Waals surface area contributed by atoms with E-state index in [1.807, 2.05) is 18.2 Å². The predicted molar refractivity (Wildman–Crippen MR) is 95.5 cm³/mol. The van der Waals surface area contributed by atoms with E-state index in [0.29, 0.717) is 6.42 Å². The molecular weight excluding hydrogens is 302 g/mol. The Morgan fingerprint density at radius 3 is 2.33 bits per heavy atom. The first-order chi connectivity index (χ1) is 11.7. The van der Waals surface area contributed by atoms with Crippen LogP contribution in [0, 0.1) is 5.92 Å². The summed E-state index contributed by atoms with van der Waals surface area (Å²) >= 11 is 0. The number of aryl methyl sites for hydroxylation is 1. The van der Waals surface area contributed by atoms with E-state index in [-0.39, 0.29) is 12.3 Å². The quantitative estimate of drug-likeness (QED) is 0.401. The van der Waals surface area contributed by atoms with Crippen LogP contribution in [0.1, 0.15) is 31.2 Å². The molecule has 0 fully saturated rings. The highest BCUT2D eigenvalue weighted by Crippen LogP contribution is 2.21. The lowest BCUT2D eigenvalue weighted by molar-refractivity contribution is -0.138. The molecule has 0 spiro atoms. The standard InChI is InChI=1S/C20H23NO3/c22-20(23)15-17(13-14-21-24)6-4-5-16-9-11-19(12-10-16)18-7-2-1-3-8-18/h1-3,7-12,14,17,24H,4-6,13,15H2,(H,22,23). The maximum atomic E-state index is 10.9. The lowest BCUT2D eigenvalue weighted by Gasteiger charge is -2.12. The van der Waals surface area contributed by atoms with Crippen LogP contribution in [0.25, 0.3) is 11.1 Å². The van der Waals surface area contributed by atoms with Gasteiger partial charge in [0.25, 0.3) is 0 Å². The molecule has 24 heavy (non-hydrogen) atoms. The number of benzene rings is 2. The van der Waals surface area contributed by atoms with Crippen molar-refractivity contribution in [3.8, 4) is 11.1 Å². The van der Waals surface area contributed by atoms with Crippen molar-refractivity contribution in [2.24, 2.45) is 11.1 Å². The molecule has 0 radical (unpaired) electrons.